The lowest BCUT2D eigenvalue weighted by atomic mass is 10.1. The highest BCUT2D eigenvalue weighted by Crippen LogP contribution is 2.15. The number of thioether (sulfide) groups is 1. The molecule has 0 saturated heterocycles. The first-order chi connectivity index (χ1) is 7.71. The molecule has 1 rings (SSSR count). The molecular formula is C10H12N4OS. The third kappa shape index (κ3) is 3.09. The highest BCUT2D eigenvalue weighted by molar-refractivity contribution is 7.98. The zero-order valence-electron chi connectivity index (χ0n) is 8.75. The van der Waals surface area contributed by atoms with Gasteiger partial charge in [-0.15, -0.1) is 0 Å². The van der Waals surface area contributed by atoms with E-state index in [1.165, 1.54) is 24.0 Å². The molecule has 0 aliphatic rings. The van der Waals surface area contributed by atoms with E-state index in [0.29, 0.717) is 22.7 Å². The van der Waals surface area contributed by atoms with Crippen molar-refractivity contribution in [1.29, 1.82) is 0 Å². The van der Waals surface area contributed by atoms with Crippen LogP contribution in [0.4, 0.5) is 0 Å². The normalized spacial score (nSPS) is 12.6. The molecule has 1 aromatic rings. The van der Waals surface area contributed by atoms with Gasteiger partial charge in [-0.25, -0.2) is 9.97 Å². The number of nitrogens with two attached hydrogens (primary N) is 2. The van der Waals surface area contributed by atoms with Gasteiger partial charge in [-0.05, 0) is 18.4 Å². The van der Waals surface area contributed by atoms with Crippen LogP contribution in [-0.4, -0.2) is 22.5 Å². The molecule has 0 aliphatic heterocycles. The van der Waals surface area contributed by atoms with Crippen LogP contribution in [0, 0.1) is 0 Å². The number of rotatable bonds is 4. The maximum absolute atomic E-state index is 10.4. The maximum Gasteiger partial charge on any atom is 0.187 e. The summed E-state index contributed by atoms with van der Waals surface area (Å²) in [5.74, 6) is 0. The van der Waals surface area contributed by atoms with Crippen LogP contribution in [-0.2, 0) is 4.79 Å². The summed E-state index contributed by atoms with van der Waals surface area (Å²) in [6.45, 7) is 0. The van der Waals surface area contributed by atoms with Crippen molar-refractivity contribution in [2.75, 3.05) is 6.26 Å². The van der Waals surface area contributed by atoms with E-state index in [-0.39, 0.29) is 5.70 Å². The topological polar surface area (TPSA) is 94.9 Å². The van der Waals surface area contributed by atoms with Crippen LogP contribution >= 0.6 is 11.8 Å². The minimum atomic E-state index is 0.0982. The molecule has 0 fully saturated rings. The summed E-state index contributed by atoms with van der Waals surface area (Å²) in [6, 6.07) is 1.70. The van der Waals surface area contributed by atoms with Gasteiger partial charge in [-0.3, -0.25) is 4.79 Å². The number of allylic oxidation sites excluding steroid dienone is 3. The van der Waals surface area contributed by atoms with Gasteiger partial charge in [-0.2, -0.15) is 0 Å². The first kappa shape index (κ1) is 12.3. The third-order valence-corrected chi connectivity index (χ3v) is 2.31. The number of aldehydes is 1. The summed E-state index contributed by atoms with van der Waals surface area (Å²) in [5.41, 5.74) is 12.2. The van der Waals surface area contributed by atoms with E-state index in [2.05, 4.69) is 9.97 Å². The fraction of sp³-hybridized carbons (Fsp3) is 0.100. The van der Waals surface area contributed by atoms with Gasteiger partial charge in [0.15, 0.2) is 11.4 Å². The van der Waals surface area contributed by atoms with Crippen LogP contribution in [0.25, 0.3) is 5.57 Å². The molecule has 0 atom stereocenters. The number of hydrogen-bond donors (Lipinski definition) is 2. The minimum absolute atomic E-state index is 0.0982. The quantitative estimate of drug-likeness (QED) is 0.260. The van der Waals surface area contributed by atoms with E-state index >= 15 is 0 Å². The van der Waals surface area contributed by atoms with E-state index in [0.717, 1.165) is 0 Å². The van der Waals surface area contributed by atoms with Crippen molar-refractivity contribution in [3.63, 3.8) is 0 Å². The monoisotopic (exact) mass is 236 g/mol. The van der Waals surface area contributed by atoms with Crippen molar-refractivity contribution in [3.8, 4) is 0 Å². The standard InChI is InChI=1S/C10H12N4OS/c1-16-10-13-3-2-9(14-10)7(5-11)4-8(12)6-15/h2-6H,11-12H2,1H3/b7-5+,8-4+. The van der Waals surface area contributed by atoms with Gasteiger partial charge in [0.2, 0.25) is 0 Å². The maximum atomic E-state index is 10.4. The Labute approximate surface area is 97.6 Å². The molecule has 0 unspecified atom stereocenters. The Morgan fingerprint density at radius 2 is 2.31 bits per heavy atom. The van der Waals surface area contributed by atoms with Crippen LogP contribution in [0.15, 0.2) is 35.4 Å². The Hall–Kier alpha value is -1.82. The predicted octanol–water partition coefficient (Wildman–Crippen LogP) is 0.540. The van der Waals surface area contributed by atoms with Crippen molar-refractivity contribution >= 4 is 23.6 Å². The van der Waals surface area contributed by atoms with Gasteiger partial charge in [-0.1, -0.05) is 11.8 Å². The molecule has 84 valence electrons. The highest BCUT2D eigenvalue weighted by Gasteiger charge is 2.02. The number of aromatic nitrogens is 2. The Bertz CT molecular complexity index is 442. The number of nitrogens with zero attached hydrogens (tertiary/aromatic N) is 2. The summed E-state index contributed by atoms with van der Waals surface area (Å²) >= 11 is 1.42. The van der Waals surface area contributed by atoms with E-state index in [1.807, 2.05) is 6.26 Å². The van der Waals surface area contributed by atoms with Gasteiger partial charge in [0.25, 0.3) is 0 Å². The van der Waals surface area contributed by atoms with Crippen LogP contribution in [0.3, 0.4) is 0 Å². The molecule has 0 spiro atoms. The van der Waals surface area contributed by atoms with Gasteiger partial charge in [0.1, 0.15) is 0 Å². The number of carbonyl (C=O) groups is 1. The lowest BCUT2D eigenvalue weighted by Gasteiger charge is -2.02. The first-order valence-corrected chi connectivity index (χ1v) is 5.65. The summed E-state index contributed by atoms with van der Waals surface area (Å²) in [4.78, 5) is 18.7. The fourth-order valence-corrected chi connectivity index (χ4v) is 1.38. The lowest BCUT2D eigenvalue weighted by molar-refractivity contribution is -0.104. The molecule has 6 heteroatoms. The summed E-state index contributed by atoms with van der Waals surface area (Å²) in [7, 11) is 0. The molecule has 1 aromatic heterocycles. The average Bonchev–Trinajstić information content (AvgIpc) is 2.35. The number of hydrogen-bond acceptors (Lipinski definition) is 6. The molecular weight excluding hydrogens is 224 g/mol. The molecule has 1 heterocycles. The van der Waals surface area contributed by atoms with Crippen molar-refractivity contribution < 1.29 is 4.79 Å². The van der Waals surface area contributed by atoms with Crippen LogP contribution in [0.1, 0.15) is 5.69 Å². The molecule has 0 saturated carbocycles. The minimum Gasteiger partial charge on any atom is -0.404 e. The molecule has 16 heavy (non-hydrogen) atoms. The zero-order valence-corrected chi connectivity index (χ0v) is 9.57. The molecule has 5 nitrogen and oxygen atoms in total. The van der Waals surface area contributed by atoms with Gasteiger partial charge < -0.3 is 11.5 Å². The van der Waals surface area contributed by atoms with Crippen LogP contribution < -0.4 is 11.5 Å². The smallest absolute Gasteiger partial charge is 0.187 e. The largest absolute Gasteiger partial charge is 0.404 e. The van der Waals surface area contributed by atoms with Crippen molar-refractivity contribution in [3.05, 3.63) is 35.9 Å². The molecule has 0 radical (unpaired) electrons. The first-order valence-electron chi connectivity index (χ1n) is 4.43. The zero-order chi connectivity index (χ0) is 12.0. The second-order valence-corrected chi connectivity index (χ2v) is 3.59. The SMILES string of the molecule is CSc1nccc(C(/C=C(/N)C=O)=C/N)n1. The Kier molecular flexibility index (Phi) is 4.53. The number of carbonyl (C=O) groups excluding carboxylic acids is 1. The van der Waals surface area contributed by atoms with Crippen molar-refractivity contribution in [2.45, 2.75) is 5.16 Å². The van der Waals surface area contributed by atoms with E-state index < -0.39 is 0 Å². The predicted molar refractivity (Wildman–Crippen MR) is 64.3 cm³/mol. The molecule has 0 bridgehead atoms. The van der Waals surface area contributed by atoms with Crippen molar-refractivity contribution in [2.24, 2.45) is 11.5 Å². The van der Waals surface area contributed by atoms with Gasteiger partial charge in [0.05, 0.1) is 11.4 Å². The van der Waals surface area contributed by atoms with Gasteiger partial charge in [0, 0.05) is 18.0 Å². The molecule has 0 amide bonds. The summed E-state index contributed by atoms with van der Waals surface area (Å²) in [6.07, 6.45) is 6.88. The van der Waals surface area contributed by atoms with Gasteiger partial charge >= 0.3 is 0 Å². The lowest BCUT2D eigenvalue weighted by Crippen LogP contribution is -2.01. The fourth-order valence-electron chi connectivity index (χ4n) is 1.02. The average molecular weight is 236 g/mol. The van der Waals surface area contributed by atoms with Crippen LogP contribution in [0.2, 0.25) is 0 Å². The summed E-state index contributed by atoms with van der Waals surface area (Å²) < 4.78 is 0. The summed E-state index contributed by atoms with van der Waals surface area (Å²) in [5, 5.41) is 0.634. The second kappa shape index (κ2) is 5.92. The van der Waals surface area contributed by atoms with Crippen LogP contribution in [0.5, 0.6) is 0 Å². The Morgan fingerprint density at radius 3 is 2.88 bits per heavy atom. The van der Waals surface area contributed by atoms with Crippen molar-refractivity contribution in [1.82, 2.24) is 9.97 Å². The molecule has 0 aromatic carbocycles. The Balaban J connectivity index is 3.10. The third-order valence-electron chi connectivity index (χ3n) is 1.75. The van der Waals surface area contributed by atoms with E-state index in [9.17, 15) is 4.79 Å². The highest BCUT2D eigenvalue weighted by atomic mass is 32.2. The van der Waals surface area contributed by atoms with E-state index in [4.69, 9.17) is 11.5 Å². The molecule has 4 N–H and O–H groups in total. The van der Waals surface area contributed by atoms with E-state index in [1.54, 1.807) is 12.3 Å². The Morgan fingerprint density at radius 1 is 1.56 bits per heavy atom. The molecule has 0 aliphatic carbocycles. The second-order valence-electron chi connectivity index (χ2n) is 2.81.